The molecule has 0 saturated heterocycles. The maximum absolute atomic E-state index is 9.55. The van der Waals surface area contributed by atoms with Crippen LogP contribution >= 0.6 is 23.5 Å². The number of aryl methyl sites for hydroxylation is 2. The van der Waals surface area contributed by atoms with Crippen molar-refractivity contribution in [1.82, 2.24) is 9.13 Å². The largest absolute Gasteiger partial charge is 0.478 e. The van der Waals surface area contributed by atoms with E-state index in [4.69, 9.17) is 21.7 Å². The topological polar surface area (TPSA) is 136 Å². The van der Waals surface area contributed by atoms with Crippen LogP contribution in [0.2, 0.25) is 0 Å². The van der Waals surface area contributed by atoms with Crippen LogP contribution in [-0.2, 0) is 22.7 Å². The summed E-state index contributed by atoms with van der Waals surface area (Å²) < 4.78 is 4.57. The van der Waals surface area contributed by atoms with Crippen molar-refractivity contribution in [2.75, 3.05) is 24.6 Å². The maximum atomic E-state index is 9.55. The molecule has 2 aromatic carbocycles. The molecule has 4 rings (SSSR count). The molecule has 2 aromatic heterocycles. The summed E-state index contributed by atoms with van der Waals surface area (Å²) in [5.41, 5.74) is 13.7. The van der Waals surface area contributed by atoms with Crippen molar-refractivity contribution >= 4 is 57.3 Å². The second kappa shape index (κ2) is 16.6. The quantitative estimate of drug-likeness (QED) is 0.156. The second-order valence-corrected chi connectivity index (χ2v) is 10.2. The molecular formula is C28H36N4O4S2. The number of hydrogen-bond donors (Lipinski definition) is 4. The van der Waals surface area contributed by atoms with Gasteiger partial charge in [0.25, 0.3) is 0 Å². The lowest BCUT2D eigenvalue weighted by Crippen LogP contribution is -2.00. The first kappa shape index (κ1) is 31.0. The number of carboxylic acids is 2. The van der Waals surface area contributed by atoms with E-state index in [1.807, 2.05) is 23.5 Å². The van der Waals surface area contributed by atoms with Gasteiger partial charge in [-0.05, 0) is 26.0 Å². The van der Waals surface area contributed by atoms with E-state index in [0.29, 0.717) is 12.2 Å². The molecule has 204 valence electrons. The monoisotopic (exact) mass is 556 g/mol. The first-order valence-electron chi connectivity index (χ1n) is 12.3. The summed E-state index contributed by atoms with van der Waals surface area (Å²) in [6.07, 6.45) is 5.57. The van der Waals surface area contributed by atoms with E-state index < -0.39 is 11.9 Å². The molecule has 0 radical (unpaired) electrons. The highest BCUT2D eigenvalue weighted by Crippen LogP contribution is 2.30. The molecular weight excluding hydrogens is 520 g/mol. The van der Waals surface area contributed by atoms with Crippen molar-refractivity contribution in [3.05, 3.63) is 73.1 Å². The number of rotatable bonds is 10. The summed E-state index contributed by atoms with van der Waals surface area (Å²) in [5, 5.41) is 18.3. The van der Waals surface area contributed by atoms with Gasteiger partial charge in [-0.2, -0.15) is 0 Å². The van der Waals surface area contributed by atoms with Gasteiger partial charge in [-0.1, -0.05) is 36.4 Å². The van der Waals surface area contributed by atoms with Crippen molar-refractivity contribution in [3.8, 4) is 0 Å². The zero-order valence-corrected chi connectivity index (χ0v) is 23.4. The normalized spacial score (nSPS) is 10.7. The summed E-state index contributed by atoms with van der Waals surface area (Å²) in [6.45, 7) is 7.84. The fraction of sp³-hybridized carbons (Fsp3) is 0.286. The summed E-state index contributed by atoms with van der Waals surface area (Å²) in [6, 6.07) is 17.1. The van der Waals surface area contributed by atoms with Crippen LogP contribution in [0, 0.1) is 0 Å². The highest BCUT2D eigenvalue weighted by molar-refractivity contribution is 7.99. The predicted octanol–water partition coefficient (Wildman–Crippen LogP) is 5.14. The van der Waals surface area contributed by atoms with Gasteiger partial charge in [0.2, 0.25) is 0 Å². The Balaban J connectivity index is 0.000000211. The van der Waals surface area contributed by atoms with Crippen LogP contribution in [-0.4, -0.2) is 55.9 Å². The van der Waals surface area contributed by atoms with Gasteiger partial charge < -0.3 is 30.8 Å². The third kappa shape index (κ3) is 9.29. The lowest BCUT2D eigenvalue weighted by atomic mass is 10.2. The van der Waals surface area contributed by atoms with E-state index >= 15 is 0 Å². The van der Waals surface area contributed by atoms with Crippen LogP contribution in [0.5, 0.6) is 0 Å². The molecule has 0 fully saturated rings. The van der Waals surface area contributed by atoms with E-state index in [9.17, 15) is 9.59 Å². The Morgan fingerprint density at radius 2 is 1.11 bits per heavy atom. The van der Waals surface area contributed by atoms with Crippen LogP contribution in [0.3, 0.4) is 0 Å². The van der Waals surface area contributed by atoms with Crippen LogP contribution < -0.4 is 11.5 Å². The summed E-state index contributed by atoms with van der Waals surface area (Å²) in [7, 11) is 0. The number of benzene rings is 2. The molecule has 0 aliphatic heterocycles. The van der Waals surface area contributed by atoms with Crippen molar-refractivity contribution in [2.45, 2.75) is 36.7 Å². The molecule has 6 N–H and O–H groups in total. The highest BCUT2D eigenvalue weighted by atomic mass is 32.2. The molecule has 38 heavy (non-hydrogen) atoms. The molecule has 0 aliphatic carbocycles. The molecule has 2 heterocycles. The summed E-state index contributed by atoms with van der Waals surface area (Å²) in [5.74, 6) is -0.546. The van der Waals surface area contributed by atoms with Crippen molar-refractivity contribution in [2.24, 2.45) is 11.5 Å². The van der Waals surface area contributed by atoms with Gasteiger partial charge in [0.15, 0.2) is 0 Å². The van der Waals surface area contributed by atoms with Crippen LogP contribution in [0.25, 0.3) is 21.8 Å². The molecule has 0 bridgehead atoms. The lowest BCUT2D eigenvalue weighted by Gasteiger charge is -1.97. The van der Waals surface area contributed by atoms with Gasteiger partial charge in [-0.15, -0.1) is 23.5 Å². The van der Waals surface area contributed by atoms with Crippen molar-refractivity contribution in [1.29, 1.82) is 0 Å². The first-order valence-corrected chi connectivity index (χ1v) is 14.3. The summed E-state index contributed by atoms with van der Waals surface area (Å²) in [4.78, 5) is 21.8. The standard InChI is InChI=1S/2C12H16N2S.C4H4O4/c2*1-2-14-9-12(15-8-7-13)10-5-3-4-6-11(10)14;5-3(6)1-2-4(7)8/h2*3-6,9H,2,7-8,13H2,1H3;1-2H,(H,5,6)(H,7,8). The zero-order valence-electron chi connectivity index (χ0n) is 21.7. The minimum atomic E-state index is -1.26. The number of carboxylic acid groups (broad SMARTS) is 2. The van der Waals surface area contributed by atoms with E-state index in [-0.39, 0.29) is 0 Å². The number of thioether (sulfide) groups is 2. The lowest BCUT2D eigenvalue weighted by molar-refractivity contribution is -0.134. The third-order valence-electron chi connectivity index (χ3n) is 5.30. The van der Waals surface area contributed by atoms with Gasteiger partial charge in [0.05, 0.1) is 0 Å². The SMILES string of the molecule is CCn1cc(SCCN)c2ccccc21.CCn1cc(SCCN)c2ccccc21.O=C(O)C=CC(=O)O. The fourth-order valence-electron chi connectivity index (χ4n) is 3.66. The first-order chi connectivity index (χ1) is 18.4. The average molecular weight is 557 g/mol. The van der Waals surface area contributed by atoms with E-state index in [1.54, 1.807) is 0 Å². The van der Waals surface area contributed by atoms with Gasteiger partial charge >= 0.3 is 11.9 Å². The molecule has 0 atom stereocenters. The molecule has 0 unspecified atom stereocenters. The summed E-state index contributed by atoms with van der Waals surface area (Å²) >= 11 is 3.68. The van der Waals surface area contributed by atoms with Crippen molar-refractivity contribution < 1.29 is 19.8 Å². The van der Waals surface area contributed by atoms with E-state index in [2.05, 4.69) is 83.9 Å². The van der Waals surface area contributed by atoms with Gasteiger partial charge in [-0.25, -0.2) is 9.59 Å². The minimum Gasteiger partial charge on any atom is -0.478 e. The molecule has 4 aromatic rings. The van der Waals surface area contributed by atoms with Crippen LogP contribution in [0.15, 0.2) is 82.9 Å². The Hall–Kier alpha value is -3.18. The smallest absolute Gasteiger partial charge is 0.328 e. The van der Waals surface area contributed by atoms with Crippen molar-refractivity contribution in [3.63, 3.8) is 0 Å². The molecule has 0 aliphatic rings. The van der Waals surface area contributed by atoms with Crippen LogP contribution in [0.4, 0.5) is 0 Å². The molecule has 8 nitrogen and oxygen atoms in total. The predicted molar refractivity (Wildman–Crippen MR) is 159 cm³/mol. The number of nitrogens with zero attached hydrogens (tertiary/aromatic N) is 2. The van der Waals surface area contributed by atoms with E-state index in [0.717, 1.165) is 37.7 Å². The molecule has 0 amide bonds. The minimum absolute atomic E-state index is 0.558. The Kier molecular flexibility index (Phi) is 13.6. The number of fused-ring (bicyclic) bond motifs is 2. The van der Waals surface area contributed by atoms with Gasteiger partial charge in [0.1, 0.15) is 0 Å². The number of nitrogens with two attached hydrogens (primary N) is 2. The Morgan fingerprint density at radius 3 is 1.42 bits per heavy atom. The average Bonchev–Trinajstić information content (AvgIpc) is 3.48. The molecule has 0 saturated carbocycles. The van der Waals surface area contributed by atoms with Gasteiger partial charge in [0, 0.05) is 93.8 Å². The van der Waals surface area contributed by atoms with Gasteiger partial charge in [-0.3, -0.25) is 0 Å². The van der Waals surface area contributed by atoms with E-state index in [1.165, 1.54) is 31.6 Å². The number of hydrogen-bond acceptors (Lipinski definition) is 6. The Bertz CT molecular complexity index is 1250. The number of aliphatic carboxylic acids is 2. The fourth-order valence-corrected chi connectivity index (χ4v) is 5.40. The number of aromatic nitrogens is 2. The highest BCUT2D eigenvalue weighted by Gasteiger charge is 2.07. The maximum Gasteiger partial charge on any atom is 0.328 e. The molecule has 10 heteroatoms. The van der Waals surface area contributed by atoms with Crippen LogP contribution in [0.1, 0.15) is 13.8 Å². The Labute approximate surface area is 231 Å². The molecule has 0 spiro atoms. The zero-order chi connectivity index (χ0) is 27.9. The second-order valence-electron chi connectivity index (χ2n) is 7.88. The Morgan fingerprint density at radius 1 is 0.737 bits per heavy atom. The number of carbonyl (C=O) groups is 2. The number of para-hydroxylation sites is 2. The third-order valence-corrected chi connectivity index (χ3v) is 7.46.